The normalized spacial score (nSPS) is 15.1. The Bertz CT molecular complexity index is 768. The highest BCUT2D eigenvalue weighted by Gasteiger charge is 2.24. The smallest absolute Gasteiger partial charge is 0.225 e. The van der Waals surface area contributed by atoms with Gasteiger partial charge < -0.3 is 15.0 Å². The first kappa shape index (κ1) is 21.1. The third-order valence-corrected chi connectivity index (χ3v) is 6.04. The summed E-state index contributed by atoms with van der Waals surface area (Å²) in [6, 6.07) is 16.9. The van der Waals surface area contributed by atoms with Crippen LogP contribution in [0, 0.1) is 5.92 Å². The number of carbonyl (C=O) groups is 1. The predicted octanol–water partition coefficient (Wildman–Crippen LogP) is 5.15. The van der Waals surface area contributed by atoms with Gasteiger partial charge in [-0.1, -0.05) is 66.8 Å². The average molecular weight is 492 g/mol. The molecule has 1 amide bonds. The number of alkyl halides is 1. The molecule has 0 aliphatic carbocycles. The van der Waals surface area contributed by atoms with Crippen molar-refractivity contribution in [1.82, 2.24) is 10.2 Å². The number of benzene rings is 2. The van der Waals surface area contributed by atoms with Crippen LogP contribution in [0.5, 0.6) is 11.5 Å². The van der Waals surface area contributed by atoms with Crippen molar-refractivity contribution in [3.63, 3.8) is 0 Å². The van der Waals surface area contributed by atoms with Crippen LogP contribution in [0.4, 0.5) is 0 Å². The van der Waals surface area contributed by atoms with Crippen molar-refractivity contribution in [2.24, 2.45) is 5.92 Å². The second kappa shape index (κ2) is 10.3. The number of amides is 1. The van der Waals surface area contributed by atoms with Gasteiger partial charge in [0.15, 0.2) is 0 Å². The van der Waals surface area contributed by atoms with Crippen LogP contribution in [0.25, 0.3) is 0 Å². The van der Waals surface area contributed by atoms with Gasteiger partial charge in [-0.15, -0.1) is 0 Å². The van der Waals surface area contributed by atoms with Gasteiger partial charge in [-0.2, -0.15) is 0 Å². The molecular weight excluding hydrogens is 463 g/mol. The quantitative estimate of drug-likeness (QED) is 0.430. The minimum absolute atomic E-state index is 0.0829. The lowest BCUT2D eigenvalue weighted by Crippen LogP contribution is -2.46. The number of hydrogen-bond acceptors (Lipinski definition) is 3. The molecule has 0 aromatic heterocycles. The lowest BCUT2D eigenvalue weighted by atomic mass is 10.0. The second-order valence-electron chi connectivity index (χ2n) is 7.62. The number of para-hydroxylation sites is 1. The van der Waals surface area contributed by atoms with Crippen molar-refractivity contribution in [1.29, 1.82) is 0 Å². The predicted molar refractivity (Wildman–Crippen MR) is 122 cm³/mol. The van der Waals surface area contributed by atoms with E-state index >= 15 is 0 Å². The molecule has 5 heteroatoms. The summed E-state index contributed by atoms with van der Waals surface area (Å²) in [6.07, 6.45) is 2.00. The molecule has 4 nitrogen and oxygen atoms in total. The van der Waals surface area contributed by atoms with Crippen molar-refractivity contribution in [3.05, 3.63) is 59.7 Å². The summed E-state index contributed by atoms with van der Waals surface area (Å²) in [5.41, 5.74) is 2.45. The first-order valence-electron chi connectivity index (χ1n) is 9.99. The standard InChI is InChI=1S/C23H29IN2O2/c1-17(2)23(27)26-13-11-20(12-14-26)25-16-19-5-3-4-6-22(19)28-21-9-7-18(15-24)8-10-21/h3-10,17,20,25H,11-16H2,1-2H3. The molecule has 1 fully saturated rings. The zero-order chi connectivity index (χ0) is 19.9. The minimum atomic E-state index is 0.0829. The van der Waals surface area contributed by atoms with Crippen LogP contribution in [-0.2, 0) is 15.8 Å². The molecule has 0 spiro atoms. The molecule has 1 aliphatic rings. The van der Waals surface area contributed by atoms with Crippen LogP contribution in [0.2, 0.25) is 0 Å². The highest BCUT2D eigenvalue weighted by Crippen LogP contribution is 2.26. The van der Waals surface area contributed by atoms with E-state index in [1.165, 1.54) is 5.56 Å². The molecule has 3 rings (SSSR count). The van der Waals surface area contributed by atoms with E-state index in [-0.39, 0.29) is 11.8 Å². The van der Waals surface area contributed by atoms with Gasteiger partial charge in [0.25, 0.3) is 0 Å². The first-order chi connectivity index (χ1) is 13.6. The van der Waals surface area contributed by atoms with E-state index in [0.29, 0.717) is 6.04 Å². The Morgan fingerprint density at radius 1 is 1.14 bits per heavy atom. The Balaban J connectivity index is 1.55. The van der Waals surface area contributed by atoms with E-state index in [1.807, 2.05) is 49.1 Å². The number of carbonyl (C=O) groups excluding carboxylic acids is 1. The summed E-state index contributed by atoms with van der Waals surface area (Å²) in [6.45, 7) is 6.40. The molecule has 1 aliphatic heterocycles. The fraction of sp³-hybridized carbons (Fsp3) is 0.435. The number of ether oxygens (including phenoxy) is 1. The van der Waals surface area contributed by atoms with Crippen molar-refractivity contribution in [2.75, 3.05) is 13.1 Å². The maximum absolute atomic E-state index is 12.1. The van der Waals surface area contributed by atoms with Crippen LogP contribution >= 0.6 is 22.6 Å². The number of hydrogen-bond donors (Lipinski definition) is 1. The van der Waals surface area contributed by atoms with Gasteiger partial charge >= 0.3 is 0 Å². The van der Waals surface area contributed by atoms with Crippen molar-refractivity contribution in [3.8, 4) is 11.5 Å². The van der Waals surface area contributed by atoms with Crippen molar-refractivity contribution < 1.29 is 9.53 Å². The number of halogens is 1. The molecule has 0 unspecified atom stereocenters. The zero-order valence-electron chi connectivity index (χ0n) is 16.7. The average Bonchev–Trinajstić information content (AvgIpc) is 2.73. The summed E-state index contributed by atoms with van der Waals surface area (Å²) in [4.78, 5) is 14.1. The molecule has 0 atom stereocenters. The van der Waals surface area contributed by atoms with Gasteiger partial charge in [-0.05, 0) is 36.6 Å². The summed E-state index contributed by atoms with van der Waals surface area (Å²) >= 11 is 2.36. The maximum atomic E-state index is 12.1. The summed E-state index contributed by atoms with van der Waals surface area (Å²) in [5.74, 6) is 2.11. The van der Waals surface area contributed by atoms with Crippen LogP contribution in [-0.4, -0.2) is 29.9 Å². The zero-order valence-corrected chi connectivity index (χ0v) is 18.8. The highest BCUT2D eigenvalue weighted by molar-refractivity contribution is 14.1. The number of likely N-dealkylation sites (tertiary alicyclic amines) is 1. The summed E-state index contributed by atoms with van der Waals surface area (Å²) in [5, 5.41) is 3.65. The second-order valence-corrected chi connectivity index (χ2v) is 8.39. The van der Waals surface area contributed by atoms with Gasteiger partial charge in [-0.3, -0.25) is 4.79 Å². The Hall–Kier alpha value is -1.60. The van der Waals surface area contributed by atoms with Crippen LogP contribution < -0.4 is 10.1 Å². The maximum Gasteiger partial charge on any atom is 0.225 e. The Kier molecular flexibility index (Phi) is 7.73. The topological polar surface area (TPSA) is 41.6 Å². The fourth-order valence-electron chi connectivity index (χ4n) is 3.45. The first-order valence-corrected chi connectivity index (χ1v) is 11.5. The molecule has 0 bridgehead atoms. The number of nitrogens with one attached hydrogen (secondary N) is 1. The Labute approximate surface area is 181 Å². The molecule has 1 saturated heterocycles. The number of piperidine rings is 1. The monoisotopic (exact) mass is 492 g/mol. The summed E-state index contributed by atoms with van der Waals surface area (Å²) in [7, 11) is 0. The van der Waals surface area contributed by atoms with E-state index in [2.05, 4.69) is 46.1 Å². The van der Waals surface area contributed by atoms with Crippen molar-refractivity contribution in [2.45, 2.75) is 43.7 Å². The molecule has 150 valence electrons. The Morgan fingerprint density at radius 2 is 1.82 bits per heavy atom. The van der Waals surface area contributed by atoms with E-state index in [0.717, 1.165) is 54.0 Å². The minimum Gasteiger partial charge on any atom is -0.457 e. The lowest BCUT2D eigenvalue weighted by molar-refractivity contribution is -0.135. The number of rotatable bonds is 7. The molecule has 2 aromatic rings. The largest absolute Gasteiger partial charge is 0.457 e. The third-order valence-electron chi connectivity index (χ3n) is 5.16. The van der Waals surface area contributed by atoms with Gasteiger partial charge in [0, 0.05) is 41.6 Å². The molecule has 1 N–H and O–H groups in total. The summed E-state index contributed by atoms with van der Waals surface area (Å²) < 4.78 is 7.13. The van der Waals surface area contributed by atoms with E-state index in [1.54, 1.807) is 0 Å². The van der Waals surface area contributed by atoms with Crippen molar-refractivity contribution >= 4 is 28.5 Å². The van der Waals surface area contributed by atoms with E-state index in [9.17, 15) is 4.79 Å². The number of nitrogens with zero attached hydrogens (tertiary/aromatic N) is 1. The molecule has 0 saturated carbocycles. The van der Waals surface area contributed by atoms with Gasteiger partial charge in [-0.25, -0.2) is 0 Å². The van der Waals surface area contributed by atoms with Gasteiger partial charge in [0.2, 0.25) is 5.91 Å². The van der Waals surface area contributed by atoms with Gasteiger partial charge in [0.05, 0.1) is 0 Å². The molecule has 1 heterocycles. The molecular formula is C23H29IN2O2. The lowest BCUT2D eigenvalue weighted by Gasteiger charge is -2.33. The van der Waals surface area contributed by atoms with Gasteiger partial charge in [0.1, 0.15) is 11.5 Å². The third kappa shape index (κ3) is 5.70. The molecule has 0 radical (unpaired) electrons. The molecule has 2 aromatic carbocycles. The van der Waals surface area contributed by atoms with Crippen LogP contribution in [0.3, 0.4) is 0 Å². The fourth-order valence-corrected chi connectivity index (χ4v) is 3.95. The SMILES string of the molecule is CC(C)C(=O)N1CCC(NCc2ccccc2Oc2ccc(CI)cc2)CC1. The van der Waals surface area contributed by atoms with Crippen LogP contribution in [0.1, 0.15) is 37.8 Å². The van der Waals surface area contributed by atoms with E-state index < -0.39 is 0 Å². The van der Waals surface area contributed by atoms with E-state index in [4.69, 9.17) is 4.74 Å². The Morgan fingerprint density at radius 3 is 2.46 bits per heavy atom. The molecule has 28 heavy (non-hydrogen) atoms. The highest BCUT2D eigenvalue weighted by atomic mass is 127. The van der Waals surface area contributed by atoms with Crippen LogP contribution in [0.15, 0.2) is 48.5 Å².